The van der Waals surface area contributed by atoms with Gasteiger partial charge in [-0.25, -0.2) is 4.98 Å². The van der Waals surface area contributed by atoms with E-state index in [1.807, 2.05) is 0 Å². The van der Waals surface area contributed by atoms with Gasteiger partial charge in [0.25, 0.3) is 0 Å². The zero-order valence-corrected chi connectivity index (χ0v) is 11.1. The largest absolute Gasteiger partial charge is 0.481 e. The van der Waals surface area contributed by atoms with Crippen molar-refractivity contribution in [1.29, 1.82) is 5.26 Å². The number of nitriles is 1. The van der Waals surface area contributed by atoms with Gasteiger partial charge >= 0.3 is 11.7 Å². The van der Waals surface area contributed by atoms with E-state index in [0.29, 0.717) is 12.2 Å². The van der Waals surface area contributed by atoms with E-state index in [0.717, 1.165) is 0 Å². The standard InChI is InChI=1S/C12H14N4O4/c1-12(2,6-5-11(17)18)15-10-4-3-9(16(19)20)8(7-13)14-10/h3-4H,5-6H2,1-2H3,(H,14,15)(H,17,18). The quantitative estimate of drug-likeness (QED) is 0.600. The maximum absolute atomic E-state index is 10.7. The maximum atomic E-state index is 10.7. The molecule has 1 aromatic rings. The highest BCUT2D eigenvalue weighted by Gasteiger charge is 2.21. The number of carboxylic acids is 1. The van der Waals surface area contributed by atoms with Crippen LogP contribution < -0.4 is 5.32 Å². The molecule has 0 aromatic carbocycles. The predicted molar refractivity (Wildman–Crippen MR) is 70.2 cm³/mol. The second-order valence-electron chi connectivity index (χ2n) is 4.84. The number of carbonyl (C=O) groups is 1. The molecule has 2 N–H and O–H groups in total. The molecule has 0 fully saturated rings. The van der Waals surface area contributed by atoms with Gasteiger partial charge in [-0.1, -0.05) is 0 Å². The van der Waals surface area contributed by atoms with Crippen molar-refractivity contribution >= 4 is 17.5 Å². The van der Waals surface area contributed by atoms with Crippen LogP contribution in [0, 0.1) is 21.4 Å². The average molecular weight is 278 g/mol. The van der Waals surface area contributed by atoms with Crippen molar-refractivity contribution in [3.63, 3.8) is 0 Å². The Labute approximate surface area is 115 Å². The van der Waals surface area contributed by atoms with Crippen molar-refractivity contribution in [2.45, 2.75) is 32.2 Å². The van der Waals surface area contributed by atoms with E-state index in [1.165, 1.54) is 12.1 Å². The molecule has 8 nitrogen and oxygen atoms in total. The Kier molecular flexibility index (Phi) is 4.59. The SMILES string of the molecule is CC(C)(CCC(=O)O)Nc1ccc([N+](=O)[O-])c(C#N)n1. The molecule has 0 unspecified atom stereocenters. The summed E-state index contributed by atoms with van der Waals surface area (Å²) in [6.07, 6.45) is 0.334. The molecule has 0 aliphatic heterocycles. The molecule has 0 saturated heterocycles. The van der Waals surface area contributed by atoms with Gasteiger partial charge in [0, 0.05) is 18.0 Å². The number of pyridine rings is 1. The second-order valence-corrected chi connectivity index (χ2v) is 4.84. The van der Waals surface area contributed by atoms with E-state index in [1.54, 1.807) is 19.9 Å². The summed E-state index contributed by atoms with van der Waals surface area (Å²) in [5.74, 6) is -0.614. The summed E-state index contributed by atoms with van der Waals surface area (Å²) in [4.78, 5) is 24.4. The first-order valence-corrected chi connectivity index (χ1v) is 5.81. The Morgan fingerprint density at radius 2 is 2.25 bits per heavy atom. The van der Waals surface area contributed by atoms with Crippen LogP contribution in [0.5, 0.6) is 0 Å². The molecule has 1 aromatic heterocycles. The van der Waals surface area contributed by atoms with Gasteiger partial charge < -0.3 is 10.4 Å². The number of hydrogen-bond acceptors (Lipinski definition) is 6. The third-order valence-electron chi connectivity index (χ3n) is 2.61. The van der Waals surface area contributed by atoms with Crippen molar-refractivity contribution in [3.05, 3.63) is 27.9 Å². The molecule has 0 bridgehead atoms. The summed E-state index contributed by atoms with van der Waals surface area (Å²) >= 11 is 0. The van der Waals surface area contributed by atoms with Crippen molar-refractivity contribution < 1.29 is 14.8 Å². The third kappa shape index (κ3) is 4.20. The predicted octanol–water partition coefficient (Wildman–Crippen LogP) is 1.92. The van der Waals surface area contributed by atoms with Gasteiger partial charge in [-0.15, -0.1) is 0 Å². The molecule has 0 spiro atoms. The summed E-state index contributed by atoms with van der Waals surface area (Å²) in [6.45, 7) is 3.57. The highest BCUT2D eigenvalue weighted by Crippen LogP contribution is 2.22. The summed E-state index contributed by atoms with van der Waals surface area (Å²) in [5.41, 5.74) is -1.20. The number of rotatable bonds is 6. The van der Waals surface area contributed by atoms with Gasteiger partial charge in [-0.3, -0.25) is 14.9 Å². The fourth-order valence-electron chi connectivity index (χ4n) is 1.58. The lowest BCUT2D eigenvalue weighted by atomic mass is 9.98. The Bertz CT molecular complexity index is 577. The Morgan fingerprint density at radius 3 is 2.75 bits per heavy atom. The van der Waals surface area contributed by atoms with Gasteiger partial charge in [0.1, 0.15) is 11.9 Å². The van der Waals surface area contributed by atoms with Gasteiger partial charge in [-0.2, -0.15) is 5.26 Å². The minimum Gasteiger partial charge on any atom is -0.481 e. The summed E-state index contributed by atoms with van der Waals surface area (Å²) < 4.78 is 0. The molecule has 1 heterocycles. The van der Waals surface area contributed by atoms with Crippen LogP contribution in [-0.2, 0) is 4.79 Å². The zero-order valence-electron chi connectivity index (χ0n) is 11.1. The normalized spacial score (nSPS) is 10.7. The fourth-order valence-corrected chi connectivity index (χ4v) is 1.58. The monoisotopic (exact) mass is 278 g/mol. The molecule has 8 heteroatoms. The number of nitro groups is 1. The van der Waals surface area contributed by atoms with Crippen molar-refractivity contribution in [2.75, 3.05) is 5.32 Å². The number of nitrogens with one attached hydrogen (secondary N) is 1. The lowest BCUT2D eigenvalue weighted by Gasteiger charge is -2.26. The fraction of sp³-hybridized carbons (Fsp3) is 0.417. The second kappa shape index (κ2) is 5.97. The van der Waals surface area contributed by atoms with Crippen LogP contribution in [0.3, 0.4) is 0 Å². The number of hydrogen-bond donors (Lipinski definition) is 2. The summed E-state index contributed by atoms with van der Waals surface area (Å²) in [5, 5.41) is 31.2. The van der Waals surface area contributed by atoms with Crippen LogP contribution in [0.2, 0.25) is 0 Å². The molecule has 0 amide bonds. The molecular weight excluding hydrogens is 264 g/mol. The molecule has 1 rings (SSSR count). The first-order valence-electron chi connectivity index (χ1n) is 5.81. The highest BCUT2D eigenvalue weighted by molar-refractivity contribution is 5.66. The molecule has 0 aliphatic carbocycles. The minimum atomic E-state index is -0.908. The molecular formula is C12H14N4O4. The number of aliphatic carboxylic acids is 1. The smallest absolute Gasteiger partial charge is 0.305 e. The van der Waals surface area contributed by atoms with E-state index >= 15 is 0 Å². The highest BCUT2D eigenvalue weighted by atomic mass is 16.6. The van der Waals surface area contributed by atoms with Crippen LogP contribution in [0.15, 0.2) is 12.1 Å². The Morgan fingerprint density at radius 1 is 1.60 bits per heavy atom. The van der Waals surface area contributed by atoms with Gasteiger partial charge in [0.05, 0.1) is 4.92 Å². The van der Waals surface area contributed by atoms with E-state index in [2.05, 4.69) is 10.3 Å². The molecule has 20 heavy (non-hydrogen) atoms. The van der Waals surface area contributed by atoms with Crippen molar-refractivity contribution in [3.8, 4) is 6.07 Å². The number of aromatic nitrogens is 1. The molecule has 106 valence electrons. The first-order chi connectivity index (χ1) is 9.25. The number of nitrogens with zero attached hydrogens (tertiary/aromatic N) is 3. The minimum absolute atomic E-state index is 0.0158. The maximum Gasteiger partial charge on any atom is 0.305 e. The summed E-state index contributed by atoms with van der Waals surface area (Å²) in [7, 11) is 0. The van der Waals surface area contributed by atoms with E-state index in [9.17, 15) is 14.9 Å². The summed E-state index contributed by atoms with van der Waals surface area (Å²) in [6, 6.07) is 4.25. The lowest BCUT2D eigenvalue weighted by Crippen LogP contribution is -2.32. The van der Waals surface area contributed by atoms with Crippen molar-refractivity contribution in [2.24, 2.45) is 0 Å². The van der Waals surface area contributed by atoms with E-state index in [-0.39, 0.29) is 17.8 Å². The van der Waals surface area contributed by atoms with E-state index in [4.69, 9.17) is 10.4 Å². The average Bonchev–Trinajstić information content (AvgIpc) is 2.35. The van der Waals surface area contributed by atoms with Gasteiger partial charge in [0.15, 0.2) is 0 Å². The zero-order chi connectivity index (χ0) is 15.3. The molecule has 0 atom stereocenters. The van der Waals surface area contributed by atoms with Crippen LogP contribution in [-0.4, -0.2) is 26.5 Å². The van der Waals surface area contributed by atoms with Gasteiger partial charge in [-0.05, 0) is 26.3 Å². The van der Waals surface area contributed by atoms with Crippen LogP contribution in [0.4, 0.5) is 11.5 Å². The van der Waals surface area contributed by atoms with Gasteiger partial charge in [0.2, 0.25) is 5.69 Å². The van der Waals surface area contributed by atoms with Crippen LogP contribution >= 0.6 is 0 Å². The number of carboxylic acid groups (broad SMARTS) is 1. The Balaban J connectivity index is 2.91. The van der Waals surface area contributed by atoms with Crippen LogP contribution in [0.25, 0.3) is 0 Å². The number of anilines is 1. The Hall–Kier alpha value is -2.69. The first kappa shape index (κ1) is 15.4. The van der Waals surface area contributed by atoms with Crippen LogP contribution in [0.1, 0.15) is 32.4 Å². The molecule has 0 radical (unpaired) electrons. The molecule has 0 aliphatic rings. The third-order valence-corrected chi connectivity index (χ3v) is 2.61. The molecule has 0 saturated carbocycles. The lowest BCUT2D eigenvalue weighted by molar-refractivity contribution is -0.385. The van der Waals surface area contributed by atoms with Crippen molar-refractivity contribution in [1.82, 2.24) is 4.98 Å². The topological polar surface area (TPSA) is 129 Å². The van der Waals surface area contributed by atoms with E-state index < -0.39 is 16.4 Å².